The van der Waals surface area contributed by atoms with Crippen LogP contribution in [-0.4, -0.2) is 40.5 Å². The molecule has 0 saturated carbocycles. The zero-order valence-electron chi connectivity index (χ0n) is 16.2. The van der Waals surface area contributed by atoms with Crippen molar-refractivity contribution in [3.8, 4) is 6.07 Å². The van der Waals surface area contributed by atoms with Crippen LogP contribution in [0.15, 0.2) is 42.6 Å². The minimum absolute atomic E-state index is 0.132. The highest BCUT2D eigenvalue weighted by molar-refractivity contribution is 6.23. The molecule has 1 aliphatic heterocycles. The molecule has 10 heteroatoms. The maximum Gasteiger partial charge on any atom is 0.417 e. The van der Waals surface area contributed by atoms with Crippen molar-refractivity contribution >= 4 is 23.4 Å². The van der Waals surface area contributed by atoms with Crippen LogP contribution in [0.1, 0.15) is 25.0 Å². The summed E-state index contributed by atoms with van der Waals surface area (Å²) in [5.74, 6) is -0.0600. The van der Waals surface area contributed by atoms with E-state index in [0.717, 1.165) is 17.0 Å². The quantitative estimate of drug-likeness (QED) is 0.751. The number of rotatable bonds is 5. The topological polar surface area (TPSA) is 89.3 Å². The normalized spacial score (nSPS) is 16.0. The molecule has 0 unspecified atom stereocenters. The summed E-state index contributed by atoms with van der Waals surface area (Å²) in [6.45, 7) is 3.48. The molecular weight excluding hydrogens is 399 g/mol. The van der Waals surface area contributed by atoms with E-state index < -0.39 is 34.8 Å². The molecule has 0 atom stereocenters. The zero-order chi connectivity index (χ0) is 22.1. The molecule has 3 rings (SSSR count). The second-order valence-corrected chi connectivity index (χ2v) is 7.11. The van der Waals surface area contributed by atoms with Gasteiger partial charge in [0, 0.05) is 19.3 Å². The van der Waals surface area contributed by atoms with Crippen molar-refractivity contribution in [1.29, 1.82) is 5.26 Å². The first-order valence-electron chi connectivity index (χ1n) is 9.00. The van der Waals surface area contributed by atoms with Crippen molar-refractivity contribution in [2.45, 2.75) is 25.6 Å². The van der Waals surface area contributed by atoms with Crippen LogP contribution in [0.25, 0.3) is 0 Å². The number of alkyl halides is 3. The highest BCUT2D eigenvalue weighted by Crippen LogP contribution is 2.37. The Morgan fingerprint density at radius 2 is 1.93 bits per heavy atom. The molecule has 2 aromatic rings. The summed E-state index contributed by atoms with van der Waals surface area (Å²) in [4.78, 5) is 31.9. The molecule has 0 bridgehead atoms. The van der Waals surface area contributed by atoms with E-state index in [1.807, 2.05) is 0 Å². The van der Waals surface area contributed by atoms with Gasteiger partial charge in [-0.25, -0.2) is 14.7 Å². The Morgan fingerprint density at radius 3 is 2.53 bits per heavy atom. The van der Waals surface area contributed by atoms with Gasteiger partial charge < -0.3 is 10.2 Å². The standard InChI is InChI=1S/C20H18F3N5O2/c1-19(2)17(29)28(14-7-6-13(12-24)15(11-14)20(21,22)23)18(30)27(19)10-9-26-16-5-3-4-8-25-16/h3-8,11H,9-10H2,1-2H3,(H,25,26). The van der Waals surface area contributed by atoms with E-state index in [2.05, 4.69) is 10.3 Å². The third kappa shape index (κ3) is 3.78. The van der Waals surface area contributed by atoms with E-state index in [1.165, 1.54) is 24.8 Å². The molecule has 2 heterocycles. The molecule has 0 spiro atoms. The second kappa shape index (κ2) is 7.67. The number of halogens is 3. The Hall–Kier alpha value is -3.61. The number of imide groups is 1. The highest BCUT2D eigenvalue weighted by Gasteiger charge is 2.52. The molecule has 1 aliphatic rings. The Kier molecular flexibility index (Phi) is 5.39. The molecule has 1 aromatic carbocycles. The van der Waals surface area contributed by atoms with E-state index in [4.69, 9.17) is 5.26 Å². The Bertz CT molecular complexity index is 1020. The van der Waals surface area contributed by atoms with Crippen LogP contribution in [0.2, 0.25) is 0 Å². The molecular formula is C20H18F3N5O2. The van der Waals surface area contributed by atoms with Gasteiger partial charge in [-0.1, -0.05) is 6.07 Å². The summed E-state index contributed by atoms with van der Waals surface area (Å²) < 4.78 is 39.9. The maximum absolute atomic E-state index is 13.3. The number of amides is 3. The average Bonchev–Trinajstić information content (AvgIpc) is 2.87. The number of anilines is 2. The van der Waals surface area contributed by atoms with Crippen molar-refractivity contribution in [1.82, 2.24) is 9.88 Å². The summed E-state index contributed by atoms with van der Waals surface area (Å²) in [5, 5.41) is 12.0. The lowest BCUT2D eigenvalue weighted by Crippen LogP contribution is -2.46. The van der Waals surface area contributed by atoms with Gasteiger partial charge in [-0.3, -0.25) is 4.79 Å². The molecule has 1 fully saturated rings. The fraction of sp³-hybridized carbons (Fsp3) is 0.300. The minimum atomic E-state index is -4.80. The van der Waals surface area contributed by atoms with Gasteiger partial charge in [-0.15, -0.1) is 0 Å². The molecule has 1 saturated heterocycles. The number of hydrogen-bond donors (Lipinski definition) is 1. The number of nitrogens with zero attached hydrogens (tertiary/aromatic N) is 4. The predicted octanol–water partition coefficient (Wildman–Crippen LogP) is 3.63. The summed E-state index contributed by atoms with van der Waals surface area (Å²) in [7, 11) is 0. The molecule has 1 aromatic heterocycles. The first kappa shape index (κ1) is 21.1. The van der Waals surface area contributed by atoms with Crippen LogP contribution in [0, 0.1) is 11.3 Å². The molecule has 30 heavy (non-hydrogen) atoms. The van der Waals surface area contributed by atoms with Gasteiger partial charge >= 0.3 is 12.2 Å². The summed E-state index contributed by atoms with van der Waals surface area (Å²) >= 11 is 0. The lowest BCUT2D eigenvalue weighted by atomic mass is 10.0. The predicted molar refractivity (Wildman–Crippen MR) is 103 cm³/mol. The number of pyridine rings is 1. The van der Waals surface area contributed by atoms with E-state index >= 15 is 0 Å². The van der Waals surface area contributed by atoms with E-state index in [-0.39, 0.29) is 18.8 Å². The number of aromatic nitrogens is 1. The first-order valence-corrected chi connectivity index (χ1v) is 9.00. The lowest BCUT2D eigenvalue weighted by Gasteiger charge is -2.27. The van der Waals surface area contributed by atoms with Gasteiger partial charge in [-0.2, -0.15) is 18.4 Å². The third-order valence-corrected chi connectivity index (χ3v) is 4.82. The van der Waals surface area contributed by atoms with Gasteiger partial charge in [-0.05, 0) is 44.2 Å². The van der Waals surface area contributed by atoms with Crippen molar-refractivity contribution in [3.63, 3.8) is 0 Å². The van der Waals surface area contributed by atoms with E-state index in [9.17, 15) is 22.8 Å². The van der Waals surface area contributed by atoms with Crippen LogP contribution in [0.3, 0.4) is 0 Å². The minimum Gasteiger partial charge on any atom is -0.368 e. The summed E-state index contributed by atoms with van der Waals surface area (Å²) in [6.07, 6.45) is -3.20. The highest BCUT2D eigenvalue weighted by atomic mass is 19.4. The number of hydrogen-bond acceptors (Lipinski definition) is 5. The summed E-state index contributed by atoms with van der Waals surface area (Å²) in [6, 6.07) is 8.80. The Morgan fingerprint density at radius 1 is 1.20 bits per heavy atom. The van der Waals surface area contributed by atoms with Crippen LogP contribution >= 0.6 is 0 Å². The smallest absolute Gasteiger partial charge is 0.368 e. The molecule has 156 valence electrons. The third-order valence-electron chi connectivity index (χ3n) is 4.82. The number of nitriles is 1. The van der Waals surface area contributed by atoms with Crippen LogP contribution < -0.4 is 10.2 Å². The van der Waals surface area contributed by atoms with Gasteiger partial charge in [0.2, 0.25) is 0 Å². The fourth-order valence-electron chi connectivity index (χ4n) is 3.21. The van der Waals surface area contributed by atoms with Crippen molar-refractivity contribution in [2.24, 2.45) is 0 Å². The first-order chi connectivity index (χ1) is 14.1. The Balaban J connectivity index is 1.86. The zero-order valence-corrected chi connectivity index (χ0v) is 16.2. The van der Waals surface area contributed by atoms with Crippen LogP contribution in [0.5, 0.6) is 0 Å². The van der Waals surface area contributed by atoms with Crippen LogP contribution in [-0.2, 0) is 11.0 Å². The number of carbonyl (C=O) groups is 2. The monoisotopic (exact) mass is 417 g/mol. The van der Waals surface area contributed by atoms with Gasteiger partial charge in [0.05, 0.1) is 22.9 Å². The second-order valence-electron chi connectivity index (χ2n) is 7.11. The van der Waals surface area contributed by atoms with Gasteiger partial charge in [0.15, 0.2) is 0 Å². The summed E-state index contributed by atoms with van der Waals surface area (Å²) in [5.41, 5.74) is -3.27. The van der Waals surface area contributed by atoms with Gasteiger partial charge in [0.25, 0.3) is 5.91 Å². The molecule has 1 N–H and O–H groups in total. The average molecular weight is 417 g/mol. The Labute approximate surface area is 170 Å². The largest absolute Gasteiger partial charge is 0.417 e. The van der Waals surface area contributed by atoms with Crippen molar-refractivity contribution in [2.75, 3.05) is 23.3 Å². The molecule has 7 nitrogen and oxygen atoms in total. The number of benzene rings is 1. The van der Waals surface area contributed by atoms with Crippen LogP contribution in [0.4, 0.5) is 29.5 Å². The van der Waals surface area contributed by atoms with Crippen molar-refractivity contribution < 1.29 is 22.8 Å². The number of carbonyl (C=O) groups excluding carboxylic acids is 2. The number of urea groups is 1. The number of nitrogens with one attached hydrogen (secondary N) is 1. The van der Waals surface area contributed by atoms with E-state index in [0.29, 0.717) is 11.9 Å². The molecule has 3 amide bonds. The van der Waals surface area contributed by atoms with Gasteiger partial charge in [0.1, 0.15) is 11.4 Å². The van der Waals surface area contributed by atoms with E-state index in [1.54, 1.807) is 24.4 Å². The molecule has 0 radical (unpaired) electrons. The molecule has 0 aliphatic carbocycles. The lowest BCUT2D eigenvalue weighted by molar-refractivity contribution is -0.137. The van der Waals surface area contributed by atoms with Crippen molar-refractivity contribution in [3.05, 3.63) is 53.7 Å². The maximum atomic E-state index is 13.3. The SMILES string of the molecule is CC1(C)C(=O)N(c2ccc(C#N)c(C(F)(F)F)c2)C(=O)N1CCNc1ccccn1. The fourth-order valence-corrected chi connectivity index (χ4v) is 3.21.